The monoisotopic (exact) mass is 304 g/mol. The van der Waals surface area contributed by atoms with E-state index >= 15 is 0 Å². The van der Waals surface area contributed by atoms with Gasteiger partial charge in [-0.25, -0.2) is 4.79 Å². The van der Waals surface area contributed by atoms with E-state index in [2.05, 4.69) is 16.3 Å². The van der Waals surface area contributed by atoms with Gasteiger partial charge in [-0.05, 0) is 31.0 Å². The summed E-state index contributed by atoms with van der Waals surface area (Å²) in [4.78, 5) is 15.9. The van der Waals surface area contributed by atoms with Crippen molar-refractivity contribution >= 4 is 23.3 Å². The number of anilines is 1. The number of nitrogens with one attached hydrogen (secondary N) is 1. The molecule has 2 aliphatic heterocycles. The van der Waals surface area contributed by atoms with Gasteiger partial charge in [0.15, 0.2) is 0 Å². The van der Waals surface area contributed by atoms with E-state index < -0.39 is 0 Å². The van der Waals surface area contributed by atoms with E-state index in [1.807, 2.05) is 17.0 Å². The minimum atomic E-state index is 0.0264. The number of benzene rings is 1. The van der Waals surface area contributed by atoms with Crippen molar-refractivity contribution in [3.63, 3.8) is 0 Å². The first kappa shape index (κ1) is 14.0. The molecule has 0 radical (unpaired) electrons. The predicted octanol–water partition coefficient (Wildman–Crippen LogP) is 2.21. The Balaban J connectivity index is 1.80. The average molecular weight is 305 g/mol. The zero-order valence-electron chi connectivity index (χ0n) is 11.7. The van der Waals surface area contributed by atoms with Crippen LogP contribution in [0.5, 0.6) is 0 Å². The molecule has 1 N–H and O–H groups in total. The summed E-state index contributed by atoms with van der Waals surface area (Å²) in [6.07, 6.45) is 2.03. The lowest BCUT2D eigenvalue weighted by molar-refractivity contribution is 0.189. The molecule has 0 aromatic heterocycles. The lowest BCUT2D eigenvalue weighted by atomic mass is 10.0. The third-order valence-electron chi connectivity index (χ3n) is 4.15. The van der Waals surface area contributed by atoms with Crippen molar-refractivity contribution in [3.8, 4) is 6.07 Å². The zero-order chi connectivity index (χ0) is 14.8. The normalized spacial score (nSPS) is 22.1. The number of nitriles is 1. The van der Waals surface area contributed by atoms with Gasteiger partial charge < -0.3 is 15.1 Å². The Morgan fingerprint density at radius 2 is 2.24 bits per heavy atom. The van der Waals surface area contributed by atoms with Gasteiger partial charge in [0.25, 0.3) is 0 Å². The Morgan fingerprint density at radius 3 is 2.95 bits per heavy atom. The van der Waals surface area contributed by atoms with Crippen molar-refractivity contribution in [1.29, 1.82) is 5.26 Å². The van der Waals surface area contributed by atoms with Crippen molar-refractivity contribution in [2.45, 2.75) is 18.9 Å². The van der Waals surface area contributed by atoms with Crippen LogP contribution in [0.3, 0.4) is 0 Å². The van der Waals surface area contributed by atoms with Crippen molar-refractivity contribution in [2.24, 2.45) is 0 Å². The molecule has 0 spiro atoms. The molecular weight excluding hydrogens is 288 g/mol. The summed E-state index contributed by atoms with van der Waals surface area (Å²) in [5, 5.41) is 12.7. The van der Waals surface area contributed by atoms with Gasteiger partial charge in [0.05, 0.1) is 17.3 Å². The molecule has 2 fully saturated rings. The first-order valence-corrected chi connectivity index (χ1v) is 7.56. The van der Waals surface area contributed by atoms with E-state index in [9.17, 15) is 10.1 Å². The summed E-state index contributed by atoms with van der Waals surface area (Å²) >= 11 is 5.96. The molecule has 2 amide bonds. The highest BCUT2D eigenvalue weighted by Crippen LogP contribution is 2.28. The molecule has 21 heavy (non-hydrogen) atoms. The molecule has 1 aromatic carbocycles. The van der Waals surface area contributed by atoms with E-state index in [1.54, 1.807) is 6.07 Å². The van der Waals surface area contributed by atoms with Crippen molar-refractivity contribution < 1.29 is 4.79 Å². The second-order valence-corrected chi connectivity index (χ2v) is 5.88. The van der Waals surface area contributed by atoms with Crippen LogP contribution in [-0.4, -0.2) is 43.2 Å². The third-order valence-corrected chi connectivity index (χ3v) is 4.38. The molecule has 5 nitrogen and oxygen atoms in total. The predicted molar refractivity (Wildman–Crippen MR) is 81.5 cm³/mol. The van der Waals surface area contributed by atoms with Gasteiger partial charge in [-0.1, -0.05) is 11.6 Å². The minimum Gasteiger partial charge on any atom is -0.368 e. The Labute approximate surface area is 129 Å². The third kappa shape index (κ3) is 2.77. The first-order valence-electron chi connectivity index (χ1n) is 7.18. The molecule has 1 unspecified atom stereocenters. The summed E-state index contributed by atoms with van der Waals surface area (Å²) in [6, 6.07) is 7.85. The highest BCUT2D eigenvalue weighted by molar-refractivity contribution is 6.30. The summed E-state index contributed by atoms with van der Waals surface area (Å²) < 4.78 is 0. The number of piperidine rings is 1. The standard InChI is InChI=1S/C15H17ClN4O/c16-12-3-4-14(11(8-12)9-17)19-6-1-2-13(10-19)20-7-5-18-15(20)21/h3-4,8,13H,1-2,5-7,10H2,(H,18,21). The number of rotatable bonds is 2. The Morgan fingerprint density at radius 1 is 1.38 bits per heavy atom. The smallest absolute Gasteiger partial charge is 0.317 e. The summed E-state index contributed by atoms with van der Waals surface area (Å²) in [5.41, 5.74) is 1.50. The van der Waals surface area contributed by atoms with Gasteiger partial charge in [0.2, 0.25) is 0 Å². The molecule has 0 saturated carbocycles. The topological polar surface area (TPSA) is 59.4 Å². The first-order chi connectivity index (χ1) is 10.2. The number of amides is 2. The van der Waals surface area contributed by atoms with Crippen LogP contribution in [0.1, 0.15) is 18.4 Å². The van der Waals surface area contributed by atoms with Gasteiger partial charge in [0.1, 0.15) is 6.07 Å². The molecule has 0 bridgehead atoms. The molecule has 6 heteroatoms. The fraction of sp³-hybridized carbons (Fsp3) is 0.467. The Kier molecular flexibility index (Phi) is 3.89. The van der Waals surface area contributed by atoms with Crippen molar-refractivity contribution in [1.82, 2.24) is 10.2 Å². The van der Waals surface area contributed by atoms with Crippen LogP contribution < -0.4 is 10.2 Å². The van der Waals surface area contributed by atoms with Crippen LogP contribution in [0.25, 0.3) is 0 Å². The molecule has 3 rings (SSSR count). The van der Waals surface area contributed by atoms with E-state index in [4.69, 9.17) is 11.6 Å². The molecule has 2 aliphatic rings. The molecule has 1 atom stereocenters. The zero-order valence-corrected chi connectivity index (χ0v) is 12.4. The van der Waals surface area contributed by atoms with Gasteiger partial charge in [-0.15, -0.1) is 0 Å². The van der Waals surface area contributed by atoms with Gasteiger partial charge in [0, 0.05) is 31.2 Å². The van der Waals surface area contributed by atoms with Crippen molar-refractivity contribution in [3.05, 3.63) is 28.8 Å². The van der Waals surface area contributed by atoms with Crippen LogP contribution >= 0.6 is 11.6 Å². The van der Waals surface area contributed by atoms with E-state index in [-0.39, 0.29) is 12.1 Å². The molecule has 0 aliphatic carbocycles. The average Bonchev–Trinajstić information content (AvgIpc) is 2.93. The molecule has 2 saturated heterocycles. The van der Waals surface area contributed by atoms with E-state index in [1.165, 1.54) is 0 Å². The second kappa shape index (κ2) is 5.82. The molecular formula is C15H17ClN4O. The molecule has 110 valence electrons. The van der Waals surface area contributed by atoms with Crippen LogP contribution in [-0.2, 0) is 0 Å². The number of halogens is 1. The van der Waals surface area contributed by atoms with Crippen LogP contribution in [0.15, 0.2) is 18.2 Å². The van der Waals surface area contributed by atoms with Crippen molar-refractivity contribution in [2.75, 3.05) is 31.1 Å². The minimum absolute atomic E-state index is 0.0264. The molecule has 2 heterocycles. The Hall–Kier alpha value is -1.93. The van der Waals surface area contributed by atoms with Gasteiger partial charge in [-0.2, -0.15) is 5.26 Å². The number of hydrogen-bond donors (Lipinski definition) is 1. The molecule has 1 aromatic rings. The van der Waals surface area contributed by atoms with Crippen LogP contribution in [0, 0.1) is 11.3 Å². The van der Waals surface area contributed by atoms with Crippen LogP contribution in [0.4, 0.5) is 10.5 Å². The number of carbonyl (C=O) groups is 1. The Bertz CT molecular complexity index is 598. The van der Waals surface area contributed by atoms with Gasteiger partial charge in [-0.3, -0.25) is 0 Å². The fourth-order valence-corrected chi connectivity index (χ4v) is 3.31. The fourth-order valence-electron chi connectivity index (χ4n) is 3.14. The quantitative estimate of drug-likeness (QED) is 0.911. The summed E-state index contributed by atoms with van der Waals surface area (Å²) in [5.74, 6) is 0. The lowest BCUT2D eigenvalue weighted by Crippen LogP contribution is -2.49. The summed E-state index contributed by atoms with van der Waals surface area (Å²) in [7, 11) is 0. The van der Waals surface area contributed by atoms with E-state index in [0.717, 1.165) is 44.7 Å². The highest BCUT2D eigenvalue weighted by Gasteiger charge is 2.31. The van der Waals surface area contributed by atoms with E-state index in [0.29, 0.717) is 10.6 Å². The summed E-state index contributed by atoms with van der Waals surface area (Å²) in [6.45, 7) is 3.16. The maximum Gasteiger partial charge on any atom is 0.317 e. The largest absolute Gasteiger partial charge is 0.368 e. The highest BCUT2D eigenvalue weighted by atomic mass is 35.5. The lowest BCUT2D eigenvalue weighted by Gasteiger charge is -2.38. The maximum absolute atomic E-state index is 11.8. The number of nitrogens with zero attached hydrogens (tertiary/aromatic N) is 3. The van der Waals surface area contributed by atoms with Gasteiger partial charge >= 0.3 is 6.03 Å². The number of hydrogen-bond acceptors (Lipinski definition) is 3. The second-order valence-electron chi connectivity index (χ2n) is 5.44. The SMILES string of the molecule is N#Cc1cc(Cl)ccc1N1CCCC(N2CCNC2=O)C1. The number of urea groups is 1. The van der Waals surface area contributed by atoms with Crippen LogP contribution in [0.2, 0.25) is 5.02 Å². The maximum atomic E-state index is 11.8. The number of carbonyl (C=O) groups excluding carboxylic acids is 1.